The van der Waals surface area contributed by atoms with Crippen LogP contribution in [0.5, 0.6) is 0 Å². The Labute approximate surface area is 104 Å². The van der Waals surface area contributed by atoms with Crippen LogP contribution >= 0.6 is 0 Å². The van der Waals surface area contributed by atoms with Crippen LogP contribution in [-0.2, 0) is 9.59 Å². The molecule has 1 N–H and O–H groups in total. The first-order valence-electron chi connectivity index (χ1n) is 6.01. The molecule has 0 fully saturated rings. The van der Waals surface area contributed by atoms with E-state index >= 15 is 0 Å². The summed E-state index contributed by atoms with van der Waals surface area (Å²) in [6.45, 7) is 5.88. The monoisotopic (exact) mass is 240 g/mol. The topological polar surface area (TPSA) is 54.4 Å². The van der Waals surface area contributed by atoms with E-state index in [-0.39, 0.29) is 12.3 Å². The van der Waals surface area contributed by atoms with Gasteiger partial charge in [-0.15, -0.1) is 0 Å². The molecular formula is C14H24O3. The minimum absolute atomic E-state index is 0.275. The Morgan fingerprint density at radius 1 is 1.18 bits per heavy atom. The number of allylic oxidation sites excluding steroid dienone is 4. The van der Waals surface area contributed by atoms with Crippen molar-refractivity contribution in [3.05, 3.63) is 24.3 Å². The molecule has 0 aliphatic rings. The number of carboxylic acid groups (broad SMARTS) is 1. The van der Waals surface area contributed by atoms with Crippen molar-refractivity contribution in [2.45, 2.75) is 46.5 Å². The zero-order valence-corrected chi connectivity index (χ0v) is 11.1. The van der Waals surface area contributed by atoms with E-state index < -0.39 is 5.97 Å². The van der Waals surface area contributed by atoms with Crippen molar-refractivity contribution < 1.29 is 14.7 Å². The molecule has 0 heterocycles. The molecule has 0 spiro atoms. The van der Waals surface area contributed by atoms with Gasteiger partial charge in [-0.3, -0.25) is 9.59 Å². The van der Waals surface area contributed by atoms with Gasteiger partial charge >= 0.3 is 5.97 Å². The lowest BCUT2D eigenvalue weighted by Crippen LogP contribution is -1.99. The Morgan fingerprint density at radius 3 is 2.12 bits per heavy atom. The highest BCUT2D eigenvalue weighted by Crippen LogP contribution is 1.96. The second-order valence-electron chi connectivity index (χ2n) is 4.01. The fraction of sp³-hybridized carbons (Fsp3) is 0.571. The highest BCUT2D eigenvalue weighted by Gasteiger charge is 1.98. The third-order valence-electron chi connectivity index (χ3n) is 1.70. The van der Waals surface area contributed by atoms with Gasteiger partial charge in [-0.05, 0) is 31.3 Å². The van der Waals surface area contributed by atoms with Gasteiger partial charge in [0.15, 0.2) is 0 Å². The molecular weight excluding hydrogens is 216 g/mol. The number of unbranched alkanes of at least 4 members (excludes halogenated alkanes) is 1. The van der Waals surface area contributed by atoms with E-state index in [1.54, 1.807) is 6.08 Å². The molecule has 0 rings (SSSR count). The summed E-state index contributed by atoms with van der Waals surface area (Å²) < 4.78 is 0. The van der Waals surface area contributed by atoms with Crippen LogP contribution in [0.15, 0.2) is 24.3 Å². The normalized spacial score (nSPS) is 10.6. The Bertz CT molecular complexity index is 240. The molecule has 0 amide bonds. The molecule has 0 aromatic carbocycles. The van der Waals surface area contributed by atoms with E-state index in [0.717, 1.165) is 25.5 Å². The summed E-state index contributed by atoms with van der Waals surface area (Å²) in [5.74, 6) is -0.438. The maximum Gasteiger partial charge on any atom is 0.303 e. The summed E-state index contributed by atoms with van der Waals surface area (Å²) in [7, 11) is 0. The van der Waals surface area contributed by atoms with Crippen molar-refractivity contribution >= 4 is 12.3 Å². The molecule has 0 aliphatic heterocycles. The van der Waals surface area contributed by atoms with Crippen molar-refractivity contribution in [1.29, 1.82) is 0 Å². The number of hydrogen-bond acceptors (Lipinski definition) is 2. The predicted molar refractivity (Wildman–Crippen MR) is 71.0 cm³/mol. The first-order chi connectivity index (χ1) is 8.04. The minimum Gasteiger partial charge on any atom is -0.481 e. The van der Waals surface area contributed by atoms with Gasteiger partial charge in [0.2, 0.25) is 0 Å². The minimum atomic E-state index is -0.713. The Balaban J connectivity index is 0. The standard InChI is InChI=1S/C9H14O.C5H10O2/c1-2-3-4-5-6-7-8-9-10;1-4(2)3-5(6)7/h3-4,7-9H,2,5-6H2,1H3;4H,3H2,1-2H3,(H,6,7)/b4-3-,8-7+;. The molecule has 0 bridgehead atoms. The summed E-state index contributed by atoms with van der Waals surface area (Å²) >= 11 is 0. The van der Waals surface area contributed by atoms with Crippen molar-refractivity contribution in [3.8, 4) is 0 Å². The van der Waals surface area contributed by atoms with Crippen LogP contribution in [-0.4, -0.2) is 17.4 Å². The Kier molecular flexibility index (Phi) is 15.5. The highest BCUT2D eigenvalue weighted by atomic mass is 16.4. The maximum atomic E-state index is 9.81. The zero-order valence-electron chi connectivity index (χ0n) is 11.1. The molecule has 0 atom stereocenters. The first-order valence-corrected chi connectivity index (χ1v) is 6.01. The van der Waals surface area contributed by atoms with Crippen molar-refractivity contribution in [2.75, 3.05) is 0 Å². The highest BCUT2D eigenvalue weighted by molar-refractivity contribution is 5.66. The number of rotatable bonds is 7. The first kappa shape index (κ1) is 18.0. The summed E-state index contributed by atoms with van der Waals surface area (Å²) in [5.41, 5.74) is 0. The summed E-state index contributed by atoms with van der Waals surface area (Å²) in [5, 5.41) is 8.08. The molecule has 0 radical (unpaired) electrons. The van der Waals surface area contributed by atoms with E-state index in [9.17, 15) is 9.59 Å². The van der Waals surface area contributed by atoms with E-state index in [1.807, 2.05) is 19.9 Å². The Hall–Kier alpha value is -1.38. The number of carboxylic acids is 1. The van der Waals surface area contributed by atoms with Gasteiger partial charge in [-0.1, -0.05) is 39.0 Å². The number of aliphatic carboxylic acids is 1. The van der Waals surface area contributed by atoms with Crippen LogP contribution in [0, 0.1) is 5.92 Å². The molecule has 0 unspecified atom stereocenters. The predicted octanol–water partition coefficient (Wildman–Crippen LogP) is 3.61. The van der Waals surface area contributed by atoms with E-state index in [4.69, 9.17) is 5.11 Å². The average molecular weight is 240 g/mol. The second-order valence-corrected chi connectivity index (χ2v) is 4.01. The van der Waals surface area contributed by atoms with Gasteiger partial charge in [0.25, 0.3) is 0 Å². The lowest BCUT2D eigenvalue weighted by molar-refractivity contribution is -0.137. The second kappa shape index (κ2) is 14.6. The smallest absolute Gasteiger partial charge is 0.303 e. The molecule has 0 aliphatic carbocycles. The molecule has 17 heavy (non-hydrogen) atoms. The molecule has 0 aromatic rings. The zero-order chi connectivity index (χ0) is 13.5. The lowest BCUT2D eigenvalue weighted by Gasteiger charge is -1.94. The van der Waals surface area contributed by atoms with Gasteiger partial charge in [0.05, 0.1) is 0 Å². The van der Waals surface area contributed by atoms with Gasteiger partial charge in [-0.25, -0.2) is 0 Å². The summed E-state index contributed by atoms with van der Waals surface area (Å²) in [4.78, 5) is 19.6. The average Bonchev–Trinajstić information content (AvgIpc) is 2.22. The molecule has 3 heteroatoms. The van der Waals surface area contributed by atoms with Crippen molar-refractivity contribution in [3.63, 3.8) is 0 Å². The van der Waals surface area contributed by atoms with Crippen LogP contribution in [0.1, 0.15) is 46.5 Å². The van der Waals surface area contributed by atoms with Gasteiger partial charge in [0.1, 0.15) is 6.29 Å². The van der Waals surface area contributed by atoms with Crippen LogP contribution < -0.4 is 0 Å². The lowest BCUT2D eigenvalue weighted by atomic mass is 10.1. The van der Waals surface area contributed by atoms with E-state index in [2.05, 4.69) is 19.1 Å². The molecule has 0 aromatic heterocycles. The molecule has 0 saturated carbocycles. The van der Waals surface area contributed by atoms with Crippen molar-refractivity contribution in [1.82, 2.24) is 0 Å². The summed E-state index contributed by atoms with van der Waals surface area (Å²) in [6, 6.07) is 0. The fourth-order valence-electron chi connectivity index (χ4n) is 0.978. The van der Waals surface area contributed by atoms with Crippen LogP contribution in [0.25, 0.3) is 0 Å². The van der Waals surface area contributed by atoms with Crippen LogP contribution in [0.2, 0.25) is 0 Å². The number of carbonyl (C=O) groups is 2. The van der Waals surface area contributed by atoms with Crippen LogP contribution in [0.3, 0.4) is 0 Å². The van der Waals surface area contributed by atoms with Gasteiger partial charge in [-0.2, -0.15) is 0 Å². The number of hydrogen-bond donors (Lipinski definition) is 1. The molecule has 3 nitrogen and oxygen atoms in total. The van der Waals surface area contributed by atoms with Crippen molar-refractivity contribution in [2.24, 2.45) is 5.92 Å². The maximum absolute atomic E-state index is 9.81. The number of carbonyl (C=O) groups excluding carboxylic acids is 1. The summed E-state index contributed by atoms with van der Waals surface area (Å²) in [6.07, 6.45) is 11.9. The third-order valence-corrected chi connectivity index (χ3v) is 1.70. The molecule has 98 valence electrons. The van der Waals surface area contributed by atoms with Gasteiger partial charge < -0.3 is 5.11 Å². The molecule has 0 saturated heterocycles. The largest absolute Gasteiger partial charge is 0.481 e. The fourth-order valence-corrected chi connectivity index (χ4v) is 0.978. The van der Waals surface area contributed by atoms with Gasteiger partial charge in [0, 0.05) is 6.42 Å². The quantitative estimate of drug-likeness (QED) is 0.320. The SMILES string of the molecule is CC(C)CC(=O)O.CC/C=C\CC/C=C/C=O. The van der Waals surface area contributed by atoms with E-state index in [1.165, 1.54) is 0 Å². The number of aldehydes is 1. The Morgan fingerprint density at radius 2 is 1.76 bits per heavy atom. The third kappa shape index (κ3) is 25.2. The van der Waals surface area contributed by atoms with E-state index in [0.29, 0.717) is 0 Å². The van der Waals surface area contributed by atoms with Crippen LogP contribution in [0.4, 0.5) is 0 Å².